The van der Waals surface area contributed by atoms with Crippen molar-refractivity contribution in [2.24, 2.45) is 0 Å². The van der Waals surface area contributed by atoms with Gasteiger partial charge in [-0.15, -0.1) is 0 Å². The highest BCUT2D eigenvalue weighted by molar-refractivity contribution is 6.29. The summed E-state index contributed by atoms with van der Waals surface area (Å²) < 4.78 is 5.01. The van der Waals surface area contributed by atoms with Crippen LogP contribution in [0.25, 0.3) is 0 Å². The Balaban J connectivity index is 3.06. The summed E-state index contributed by atoms with van der Waals surface area (Å²) in [5, 5.41) is 3.39. The van der Waals surface area contributed by atoms with Gasteiger partial charge in [-0.2, -0.15) is 0 Å². The predicted molar refractivity (Wildman–Crippen MR) is 45.3 cm³/mol. The minimum Gasteiger partial charge on any atom is -0.493 e. The Kier molecular flexibility index (Phi) is 2.54. The summed E-state index contributed by atoms with van der Waals surface area (Å²) >= 11 is 5.65. The summed E-state index contributed by atoms with van der Waals surface area (Å²) in [4.78, 5) is 3.86. The van der Waals surface area contributed by atoms with E-state index in [1.54, 1.807) is 26.4 Å². The Bertz CT molecular complexity index is 252. The van der Waals surface area contributed by atoms with Crippen LogP contribution in [0.3, 0.4) is 0 Å². The zero-order valence-electron chi connectivity index (χ0n) is 6.39. The van der Waals surface area contributed by atoms with E-state index < -0.39 is 0 Å². The van der Waals surface area contributed by atoms with Crippen LogP contribution in [0.2, 0.25) is 5.15 Å². The minimum absolute atomic E-state index is 0.454. The summed E-state index contributed by atoms with van der Waals surface area (Å²) in [6, 6.07) is 1.71. The zero-order chi connectivity index (χ0) is 8.27. The van der Waals surface area contributed by atoms with Crippen LogP contribution in [0.1, 0.15) is 0 Å². The van der Waals surface area contributed by atoms with Gasteiger partial charge in [0.25, 0.3) is 0 Å². The van der Waals surface area contributed by atoms with Gasteiger partial charge in [0.2, 0.25) is 0 Å². The Morgan fingerprint density at radius 1 is 1.64 bits per heavy atom. The molecule has 0 bridgehead atoms. The van der Waals surface area contributed by atoms with Gasteiger partial charge >= 0.3 is 0 Å². The van der Waals surface area contributed by atoms with Crippen molar-refractivity contribution in [2.75, 3.05) is 19.5 Å². The molecule has 0 aliphatic heterocycles. The van der Waals surface area contributed by atoms with Gasteiger partial charge in [-0.3, -0.25) is 0 Å². The van der Waals surface area contributed by atoms with E-state index in [4.69, 9.17) is 16.3 Å². The predicted octanol–water partition coefficient (Wildman–Crippen LogP) is 1.79. The van der Waals surface area contributed by atoms with Crippen molar-refractivity contribution in [1.82, 2.24) is 4.98 Å². The van der Waals surface area contributed by atoms with E-state index in [1.807, 2.05) is 0 Å². The summed E-state index contributed by atoms with van der Waals surface area (Å²) in [5.74, 6) is 0.692. The molecule has 1 aromatic rings. The molecule has 0 saturated heterocycles. The molecule has 0 amide bonds. The number of aromatic nitrogens is 1. The van der Waals surface area contributed by atoms with Crippen LogP contribution in [0.5, 0.6) is 5.75 Å². The van der Waals surface area contributed by atoms with Crippen molar-refractivity contribution in [3.05, 3.63) is 17.4 Å². The van der Waals surface area contributed by atoms with Crippen molar-refractivity contribution in [2.45, 2.75) is 0 Å². The van der Waals surface area contributed by atoms with Crippen LogP contribution in [0.4, 0.5) is 5.69 Å². The van der Waals surface area contributed by atoms with Gasteiger partial charge < -0.3 is 10.1 Å². The van der Waals surface area contributed by atoms with Crippen LogP contribution < -0.4 is 10.1 Å². The molecule has 1 aromatic heterocycles. The van der Waals surface area contributed by atoms with E-state index in [9.17, 15) is 0 Å². The lowest BCUT2D eigenvalue weighted by atomic mass is 10.4. The Hall–Kier alpha value is -0.960. The zero-order valence-corrected chi connectivity index (χ0v) is 7.14. The normalized spacial score (nSPS) is 9.36. The standard InChI is InChI=1S/C7H9ClN2O/c1-9-5-3-7(8)10-4-6(5)11-2/h3-4H,1-2H3,(H,9,10). The first-order valence-electron chi connectivity index (χ1n) is 3.15. The van der Waals surface area contributed by atoms with E-state index in [-0.39, 0.29) is 0 Å². The first kappa shape index (κ1) is 8.14. The second-order valence-electron chi connectivity index (χ2n) is 1.96. The molecule has 0 aromatic carbocycles. The number of ether oxygens (including phenoxy) is 1. The van der Waals surface area contributed by atoms with Gasteiger partial charge in [-0.1, -0.05) is 11.6 Å². The minimum atomic E-state index is 0.454. The fraction of sp³-hybridized carbons (Fsp3) is 0.286. The van der Waals surface area contributed by atoms with Crippen molar-refractivity contribution >= 4 is 17.3 Å². The third-order valence-corrected chi connectivity index (χ3v) is 1.53. The number of nitrogens with zero attached hydrogens (tertiary/aromatic N) is 1. The fourth-order valence-corrected chi connectivity index (χ4v) is 0.933. The molecule has 0 atom stereocenters. The first-order chi connectivity index (χ1) is 5.27. The summed E-state index contributed by atoms with van der Waals surface area (Å²) in [6.45, 7) is 0. The highest BCUT2D eigenvalue weighted by Crippen LogP contribution is 2.24. The highest BCUT2D eigenvalue weighted by atomic mass is 35.5. The Morgan fingerprint density at radius 3 is 2.91 bits per heavy atom. The maximum atomic E-state index is 5.65. The lowest BCUT2D eigenvalue weighted by Gasteiger charge is -2.06. The molecule has 0 aliphatic rings. The Labute approximate surface area is 70.3 Å². The van der Waals surface area contributed by atoms with Crippen molar-refractivity contribution in [3.63, 3.8) is 0 Å². The van der Waals surface area contributed by atoms with Gasteiger partial charge in [0.15, 0.2) is 5.75 Å². The first-order valence-corrected chi connectivity index (χ1v) is 3.53. The molecule has 1 rings (SSSR count). The lowest BCUT2D eigenvalue weighted by molar-refractivity contribution is 0.415. The third kappa shape index (κ3) is 1.74. The van der Waals surface area contributed by atoms with Gasteiger partial charge in [0.1, 0.15) is 5.15 Å². The van der Waals surface area contributed by atoms with Crippen LogP contribution in [0.15, 0.2) is 12.3 Å². The topological polar surface area (TPSA) is 34.2 Å². The van der Waals surface area contributed by atoms with E-state index in [2.05, 4.69) is 10.3 Å². The maximum Gasteiger partial charge on any atom is 0.160 e. The lowest BCUT2D eigenvalue weighted by Crippen LogP contribution is -1.94. The van der Waals surface area contributed by atoms with Crippen molar-refractivity contribution in [1.29, 1.82) is 0 Å². The molecule has 0 radical (unpaired) electrons. The van der Waals surface area contributed by atoms with E-state index >= 15 is 0 Å². The molecule has 1 N–H and O–H groups in total. The molecule has 11 heavy (non-hydrogen) atoms. The van der Waals surface area contributed by atoms with Gasteiger partial charge in [0, 0.05) is 13.1 Å². The number of rotatable bonds is 2. The molecule has 0 unspecified atom stereocenters. The molecule has 0 spiro atoms. The van der Waals surface area contributed by atoms with Crippen LogP contribution >= 0.6 is 11.6 Å². The van der Waals surface area contributed by atoms with Crippen LogP contribution in [-0.4, -0.2) is 19.1 Å². The molecular formula is C7H9ClN2O. The SMILES string of the molecule is CNc1cc(Cl)ncc1OC. The smallest absolute Gasteiger partial charge is 0.160 e. The van der Waals surface area contributed by atoms with Gasteiger partial charge in [-0.05, 0) is 0 Å². The summed E-state index contributed by atoms with van der Waals surface area (Å²) in [7, 11) is 3.39. The van der Waals surface area contributed by atoms with Crippen LogP contribution in [-0.2, 0) is 0 Å². The van der Waals surface area contributed by atoms with Crippen molar-refractivity contribution in [3.8, 4) is 5.75 Å². The number of hydrogen-bond donors (Lipinski definition) is 1. The highest BCUT2D eigenvalue weighted by Gasteiger charge is 2.00. The maximum absolute atomic E-state index is 5.65. The Morgan fingerprint density at radius 2 is 2.36 bits per heavy atom. The van der Waals surface area contributed by atoms with E-state index in [0.717, 1.165) is 5.69 Å². The number of pyridine rings is 1. The average Bonchev–Trinajstić information content (AvgIpc) is 2.04. The van der Waals surface area contributed by atoms with Gasteiger partial charge in [0.05, 0.1) is 19.0 Å². The van der Waals surface area contributed by atoms with E-state index in [0.29, 0.717) is 10.9 Å². The number of nitrogens with one attached hydrogen (secondary N) is 1. The molecule has 3 nitrogen and oxygen atoms in total. The average molecular weight is 173 g/mol. The quantitative estimate of drug-likeness (QED) is 0.691. The molecular weight excluding hydrogens is 164 g/mol. The fourth-order valence-electron chi connectivity index (χ4n) is 0.775. The largest absolute Gasteiger partial charge is 0.493 e. The van der Waals surface area contributed by atoms with Gasteiger partial charge in [-0.25, -0.2) is 4.98 Å². The number of anilines is 1. The summed E-state index contributed by atoms with van der Waals surface area (Å²) in [6.07, 6.45) is 1.58. The number of hydrogen-bond acceptors (Lipinski definition) is 3. The second-order valence-corrected chi connectivity index (χ2v) is 2.34. The molecule has 0 fully saturated rings. The third-order valence-electron chi connectivity index (χ3n) is 1.32. The monoisotopic (exact) mass is 172 g/mol. The molecule has 4 heteroatoms. The second kappa shape index (κ2) is 3.44. The molecule has 60 valence electrons. The summed E-state index contributed by atoms with van der Waals surface area (Å²) in [5.41, 5.74) is 0.840. The number of halogens is 1. The molecule has 0 saturated carbocycles. The van der Waals surface area contributed by atoms with E-state index in [1.165, 1.54) is 0 Å². The molecule has 0 aliphatic carbocycles. The van der Waals surface area contributed by atoms with Crippen molar-refractivity contribution < 1.29 is 4.74 Å². The number of methoxy groups -OCH3 is 1. The molecule has 1 heterocycles. The van der Waals surface area contributed by atoms with Crippen LogP contribution in [0, 0.1) is 0 Å².